The van der Waals surface area contributed by atoms with Crippen LogP contribution in [0.1, 0.15) is 12.0 Å². The zero-order chi connectivity index (χ0) is 10.5. The highest BCUT2D eigenvalue weighted by Crippen LogP contribution is 2.17. The highest BCUT2D eigenvalue weighted by Gasteiger charge is 2.19. The van der Waals surface area contributed by atoms with Crippen LogP contribution in [0.4, 0.5) is 0 Å². The maximum Gasteiger partial charge on any atom is 0.220 e. The summed E-state index contributed by atoms with van der Waals surface area (Å²) in [5, 5.41) is 3.03. The van der Waals surface area contributed by atoms with Crippen LogP contribution < -0.4 is 5.32 Å². The lowest BCUT2D eigenvalue weighted by Crippen LogP contribution is -2.43. The fourth-order valence-corrected chi connectivity index (χ4v) is 2.16. The van der Waals surface area contributed by atoms with Gasteiger partial charge < -0.3 is 5.32 Å². The molecule has 1 aliphatic heterocycles. The molecule has 1 aliphatic rings. The minimum absolute atomic E-state index is 0.184. The highest BCUT2D eigenvalue weighted by molar-refractivity contribution is 8.00. The molecule has 1 heterocycles. The van der Waals surface area contributed by atoms with Gasteiger partial charge in [0.15, 0.2) is 0 Å². The van der Waals surface area contributed by atoms with Crippen LogP contribution in [-0.4, -0.2) is 23.5 Å². The zero-order valence-corrected chi connectivity index (χ0v) is 9.43. The van der Waals surface area contributed by atoms with E-state index in [1.807, 2.05) is 30.0 Å². The van der Waals surface area contributed by atoms with Crippen LogP contribution in [0.15, 0.2) is 30.3 Å². The number of aryl methyl sites for hydroxylation is 1. The minimum Gasteiger partial charge on any atom is -0.352 e. The van der Waals surface area contributed by atoms with Crippen LogP contribution in [0.2, 0.25) is 0 Å². The van der Waals surface area contributed by atoms with Crippen molar-refractivity contribution in [2.24, 2.45) is 0 Å². The van der Waals surface area contributed by atoms with Crippen molar-refractivity contribution in [3.05, 3.63) is 35.9 Å². The lowest BCUT2D eigenvalue weighted by molar-refractivity contribution is -0.121. The van der Waals surface area contributed by atoms with Gasteiger partial charge in [0.25, 0.3) is 0 Å². The summed E-state index contributed by atoms with van der Waals surface area (Å²) in [6.07, 6.45) is 1.44. The quantitative estimate of drug-likeness (QED) is 0.840. The van der Waals surface area contributed by atoms with Crippen molar-refractivity contribution in [1.29, 1.82) is 0 Å². The summed E-state index contributed by atoms with van der Waals surface area (Å²) in [6, 6.07) is 10.6. The molecular formula is C12H15NOS. The Balaban J connectivity index is 1.71. The summed E-state index contributed by atoms with van der Waals surface area (Å²) in [5.74, 6) is 2.35. The summed E-state index contributed by atoms with van der Waals surface area (Å²) in [5.41, 5.74) is 1.23. The molecule has 0 atom stereocenters. The molecule has 0 saturated carbocycles. The number of rotatable bonds is 4. The maximum atomic E-state index is 11.5. The van der Waals surface area contributed by atoms with Gasteiger partial charge in [0.2, 0.25) is 5.91 Å². The monoisotopic (exact) mass is 221 g/mol. The van der Waals surface area contributed by atoms with Crippen LogP contribution in [0.5, 0.6) is 0 Å². The average molecular weight is 221 g/mol. The van der Waals surface area contributed by atoms with Crippen LogP contribution in [0.3, 0.4) is 0 Å². The van der Waals surface area contributed by atoms with Crippen molar-refractivity contribution >= 4 is 17.7 Å². The lowest BCUT2D eigenvalue weighted by atomic mass is 10.1. The molecule has 1 aromatic rings. The van der Waals surface area contributed by atoms with Crippen molar-refractivity contribution in [3.8, 4) is 0 Å². The second kappa shape index (κ2) is 5.21. The van der Waals surface area contributed by atoms with Crippen LogP contribution in [0.25, 0.3) is 0 Å². The van der Waals surface area contributed by atoms with Gasteiger partial charge in [0.1, 0.15) is 0 Å². The lowest BCUT2D eigenvalue weighted by Gasteiger charge is -2.25. The minimum atomic E-state index is 0.184. The first-order chi connectivity index (χ1) is 7.34. The summed E-state index contributed by atoms with van der Waals surface area (Å²) >= 11 is 1.89. The van der Waals surface area contributed by atoms with Gasteiger partial charge in [-0.25, -0.2) is 0 Å². The molecule has 2 nitrogen and oxygen atoms in total. The second-order valence-corrected chi connectivity index (χ2v) is 4.86. The number of carbonyl (C=O) groups excluding carboxylic acids is 1. The van der Waals surface area contributed by atoms with Crippen LogP contribution in [-0.2, 0) is 11.2 Å². The first kappa shape index (κ1) is 10.6. The van der Waals surface area contributed by atoms with Gasteiger partial charge in [0.05, 0.1) is 0 Å². The molecule has 1 saturated heterocycles. The Morgan fingerprint density at radius 3 is 2.67 bits per heavy atom. The molecule has 1 aromatic carbocycles. The summed E-state index contributed by atoms with van der Waals surface area (Å²) in [4.78, 5) is 11.5. The Kier molecular flexibility index (Phi) is 3.67. The molecule has 0 radical (unpaired) electrons. The van der Waals surface area contributed by atoms with Gasteiger partial charge in [-0.2, -0.15) is 11.8 Å². The fraction of sp³-hybridized carbons (Fsp3) is 0.417. The van der Waals surface area contributed by atoms with E-state index < -0.39 is 0 Å². The molecule has 1 N–H and O–H groups in total. The molecule has 1 fully saturated rings. The molecule has 0 aliphatic carbocycles. The van der Waals surface area contributed by atoms with Gasteiger partial charge in [-0.05, 0) is 12.0 Å². The van der Waals surface area contributed by atoms with Crippen LogP contribution in [0, 0.1) is 0 Å². The normalized spacial score (nSPS) is 15.7. The van der Waals surface area contributed by atoms with E-state index in [-0.39, 0.29) is 5.91 Å². The summed E-state index contributed by atoms with van der Waals surface area (Å²) in [6.45, 7) is 0. The van der Waals surface area contributed by atoms with Gasteiger partial charge in [-0.3, -0.25) is 4.79 Å². The van der Waals surface area contributed by atoms with Crippen molar-refractivity contribution in [3.63, 3.8) is 0 Å². The Hall–Kier alpha value is -0.960. The topological polar surface area (TPSA) is 29.1 Å². The first-order valence-corrected chi connectivity index (χ1v) is 6.41. The van der Waals surface area contributed by atoms with Crippen molar-refractivity contribution in [1.82, 2.24) is 5.32 Å². The van der Waals surface area contributed by atoms with E-state index in [2.05, 4.69) is 17.4 Å². The molecule has 80 valence electrons. The Morgan fingerprint density at radius 2 is 2.07 bits per heavy atom. The summed E-state index contributed by atoms with van der Waals surface area (Å²) in [7, 11) is 0. The average Bonchev–Trinajstić information content (AvgIpc) is 2.22. The molecule has 1 amide bonds. The van der Waals surface area contributed by atoms with E-state index in [0.29, 0.717) is 12.5 Å². The predicted octanol–water partition coefficient (Wildman–Crippen LogP) is 1.85. The molecule has 0 bridgehead atoms. The molecule has 0 spiro atoms. The van der Waals surface area contributed by atoms with Crippen molar-refractivity contribution < 1.29 is 4.79 Å². The van der Waals surface area contributed by atoms with Crippen LogP contribution >= 0.6 is 11.8 Å². The number of hydrogen-bond donors (Lipinski definition) is 1. The molecular weight excluding hydrogens is 206 g/mol. The highest BCUT2D eigenvalue weighted by atomic mass is 32.2. The van der Waals surface area contributed by atoms with E-state index >= 15 is 0 Å². The molecule has 0 unspecified atom stereocenters. The second-order valence-electron chi connectivity index (χ2n) is 3.79. The zero-order valence-electron chi connectivity index (χ0n) is 8.61. The smallest absolute Gasteiger partial charge is 0.220 e. The third-order valence-electron chi connectivity index (χ3n) is 2.49. The molecule has 15 heavy (non-hydrogen) atoms. The molecule has 0 aromatic heterocycles. The third kappa shape index (κ3) is 3.27. The Labute approximate surface area is 94.4 Å². The SMILES string of the molecule is O=C(CCc1ccccc1)NC1CSC1. The van der Waals surface area contributed by atoms with Gasteiger partial charge in [-0.1, -0.05) is 30.3 Å². The molecule has 2 rings (SSSR count). The number of nitrogens with one attached hydrogen (secondary N) is 1. The van der Waals surface area contributed by atoms with Crippen molar-refractivity contribution in [2.45, 2.75) is 18.9 Å². The number of amides is 1. The van der Waals surface area contributed by atoms with E-state index in [9.17, 15) is 4.79 Å². The standard InChI is InChI=1S/C12H15NOS/c14-12(13-11-8-15-9-11)7-6-10-4-2-1-3-5-10/h1-5,11H,6-9H2,(H,13,14). The fourth-order valence-electron chi connectivity index (χ4n) is 1.52. The number of benzene rings is 1. The Morgan fingerprint density at radius 1 is 1.33 bits per heavy atom. The van der Waals surface area contributed by atoms with E-state index in [0.717, 1.165) is 17.9 Å². The van der Waals surface area contributed by atoms with Gasteiger partial charge >= 0.3 is 0 Å². The third-order valence-corrected chi connectivity index (χ3v) is 3.76. The van der Waals surface area contributed by atoms with E-state index in [1.165, 1.54) is 5.56 Å². The number of carbonyl (C=O) groups is 1. The first-order valence-electron chi connectivity index (χ1n) is 5.25. The summed E-state index contributed by atoms with van der Waals surface area (Å²) < 4.78 is 0. The van der Waals surface area contributed by atoms with Crippen molar-refractivity contribution in [2.75, 3.05) is 11.5 Å². The van der Waals surface area contributed by atoms with E-state index in [4.69, 9.17) is 0 Å². The largest absolute Gasteiger partial charge is 0.352 e. The number of hydrogen-bond acceptors (Lipinski definition) is 2. The maximum absolute atomic E-state index is 11.5. The number of thioether (sulfide) groups is 1. The van der Waals surface area contributed by atoms with Gasteiger partial charge in [-0.15, -0.1) is 0 Å². The van der Waals surface area contributed by atoms with Gasteiger partial charge in [0, 0.05) is 24.0 Å². The van der Waals surface area contributed by atoms with E-state index in [1.54, 1.807) is 0 Å². The predicted molar refractivity (Wildman–Crippen MR) is 64.0 cm³/mol. The Bertz CT molecular complexity index is 322. The molecule has 3 heteroatoms.